The van der Waals surface area contributed by atoms with E-state index in [1.807, 2.05) is 47.4 Å². The molecule has 1 atom stereocenters. The van der Waals surface area contributed by atoms with Crippen LogP contribution in [-0.4, -0.2) is 35.0 Å². The van der Waals surface area contributed by atoms with Crippen molar-refractivity contribution in [2.45, 2.75) is 17.7 Å². The third-order valence-corrected chi connectivity index (χ3v) is 5.52. The number of carbonyl (C=O) groups excluding carboxylic acids is 1. The number of nitrogens with zero attached hydrogens (tertiary/aromatic N) is 3. The second-order valence-corrected chi connectivity index (χ2v) is 7.41. The average Bonchev–Trinajstić information content (AvgIpc) is 3.39. The summed E-state index contributed by atoms with van der Waals surface area (Å²) in [5.74, 6) is 1.95. The molecule has 0 bridgehead atoms. The minimum absolute atomic E-state index is 0.0286. The van der Waals surface area contributed by atoms with Crippen LogP contribution >= 0.6 is 11.8 Å². The van der Waals surface area contributed by atoms with Gasteiger partial charge in [-0.15, -0.1) is 10.2 Å². The summed E-state index contributed by atoms with van der Waals surface area (Å²) in [6.45, 7) is 1.01. The zero-order valence-electron chi connectivity index (χ0n) is 14.9. The highest BCUT2D eigenvalue weighted by atomic mass is 32.2. The van der Waals surface area contributed by atoms with Gasteiger partial charge < -0.3 is 18.8 Å². The van der Waals surface area contributed by atoms with Crippen LogP contribution in [0.4, 0.5) is 5.69 Å². The summed E-state index contributed by atoms with van der Waals surface area (Å²) in [4.78, 5) is 14.4. The maximum Gasteiger partial charge on any atom is 0.277 e. The topological polar surface area (TPSA) is 77.7 Å². The fourth-order valence-corrected chi connectivity index (χ4v) is 3.99. The second-order valence-electron chi connectivity index (χ2n) is 6.48. The Hall–Kier alpha value is -3.00. The van der Waals surface area contributed by atoms with Gasteiger partial charge in [0.1, 0.15) is 6.61 Å². The average molecular weight is 395 g/mol. The number of para-hydroxylation sites is 3. The summed E-state index contributed by atoms with van der Waals surface area (Å²) in [6.07, 6.45) is 0.426. The van der Waals surface area contributed by atoms with Crippen LogP contribution in [-0.2, 0) is 11.2 Å². The minimum atomic E-state index is -0.460. The van der Waals surface area contributed by atoms with E-state index in [2.05, 4.69) is 16.3 Å². The van der Waals surface area contributed by atoms with Crippen molar-refractivity contribution >= 4 is 23.4 Å². The first kappa shape index (κ1) is 17.1. The van der Waals surface area contributed by atoms with E-state index in [1.165, 1.54) is 17.3 Å². The van der Waals surface area contributed by atoms with Gasteiger partial charge in [0, 0.05) is 12.2 Å². The Morgan fingerprint density at radius 2 is 1.93 bits per heavy atom. The highest BCUT2D eigenvalue weighted by Gasteiger charge is 2.28. The van der Waals surface area contributed by atoms with Crippen molar-refractivity contribution in [3.8, 4) is 11.5 Å². The number of carbonyl (C=O) groups is 1. The number of aromatic nitrogens is 2. The first-order valence-corrected chi connectivity index (χ1v) is 9.99. The van der Waals surface area contributed by atoms with Gasteiger partial charge in [-0.05, 0) is 30.2 Å². The van der Waals surface area contributed by atoms with E-state index >= 15 is 0 Å². The van der Waals surface area contributed by atoms with Crippen molar-refractivity contribution in [1.29, 1.82) is 0 Å². The predicted octanol–water partition coefficient (Wildman–Crippen LogP) is 3.26. The van der Waals surface area contributed by atoms with E-state index < -0.39 is 6.10 Å². The molecule has 142 valence electrons. The summed E-state index contributed by atoms with van der Waals surface area (Å²) in [5.41, 5.74) is 2.20. The van der Waals surface area contributed by atoms with Gasteiger partial charge >= 0.3 is 0 Å². The van der Waals surface area contributed by atoms with Gasteiger partial charge in [0.15, 0.2) is 11.5 Å². The quantitative estimate of drug-likeness (QED) is 0.628. The highest BCUT2D eigenvalue weighted by Crippen LogP contribution is 2.36. The molecule has 3 heterocycles. The number of hydrogen-bond acceptors (Lipinski definition) is 7. The lowest BCUT2D eigenvalue weighted by molar-refractivity contribution is -0.116. The summed E-state index contributed by atoms with van der Waals surface area (Å²) in [5, 5.41) is 8.43. The Morgan fingerprint density at radius 1 is 1.11 bits per heavy atom. The fourth-order valence-electron chi connectivity index (χ4n) is 3.35. The molecule has 0 unspecified atom stereocenters. The molecule has 7 nitrogen and oxygen atoms in total. The van der Waals surface area contributed by atoms with Crippen LogP contribution < -0.4 is 14.4 Å². The summed E-state index contributed by atoms with van der Waals surface area (Å²) >= 11 is 1.23. The van der Waals surface area contributed by atoms with Gasteiger partial charge in [0.25, 0.3) is 11.1 Å². The van der Waals surface area contributed by atoms with E-state index in [0.717, 1.165) is 12.1 Å². The molecule has 3 aromatic rings. The third-order valence-electron chi connectivity index (χ3n) is 4.71. The lowest BCUT2D eigenvalue weighted by atomic mass is 10.2. The molecule has 0 spiro atoms. The molecule has 0 N–H and O–H groups in total. The molecule has 0 radical (unpaired) electrons. The maximum atomic E-state index is 12.6. The monoisotopic (exact) mass is 395 g/mol. The first-order chi connectivity index (χ1) is 13.8. The van der Waals surface area contributed by atoms with Crippen LogP contribution in [0.3, 0.4) is 0 Å². The van der Waals surface area contributed by atoms with Gasteiger partial charge in [-0.3, -0.25) is 4.79 Å². The van der Waals surface area contributed by atoms with Gasteiger partial charge in [0.2, 0.25) is 12.0 Å². The predicted molar refractivity (Wildman–Crippen MR) is 103 cm³/mol. The molecule has 28 heavy (non-hydrogen) atoms. The molecule has 2 aliphatic rings. The molecule has 1 amide bonds. The van der Waals surface area contributed by atoms with Gasteiger partial charge in [0.05, 0.1) is 5.75 Å². The SMILES string of the molecule is O=C(CSc1nnc([C@H]2COc3ccccc3O2)o1)N1CCc2ccccc21. The fraction of sp³-hybridized carbons (Fsp3) is 0.250. The smallest absolute Gasteiger partial charge is 0.277 e. The summed E-state index contributed by atoms with van der Waals surface area (Å²) in [7, 11) is 0. The van der Waals surface area contributed by atoms with Crippen LogP contribution in [0.2, 0.25) is 0 Å². The molecule has 0 aliphatic carbocycles. The van der Waals surface area contributed by atoms with Crippen molar-refractivity contribution in [2.24, 2.45) is 0 Å². The van der Waals surface area contributed by atoms with Crippen molar-refractivity contribution in [3.63, 3.8) is 0 Å². The first-order valence-electron chi connectivity index (χ1n) is 9.01. The van der Waals surface area contributed by atoms with E-state index in [0.29, 0.717) is 35.8 Å². The highest BCUT2D eigenvalue weighted by molar-refractivity contribution is 7.99. The largest absolute Gasteiger partial charge is 0.485 e. The summed E-state index contributed by atoms with van der Waals surface area (Å²) < 4.78 is 17.2. The number of ether oxygens (including phenoxy) is 2. The number of amides is 1. The lowest BCUT2D eigenvalue weighted by Crippen LogP contribution is -2.30. The number of fused-ring (bicyclic) bond motifs is 2. The van der Waals surface area contributed by atoms with Crippen LogP contribution in [0.5, 0.6) is 11.5 Å². The molecule has 0 saturated heterocycles. The Bertz CT molecular complexity index is 1020. The standard InChI is InChI=1S/C20H17N3O4S/c24-18(23-10-9-13-5-1-2-6-14(13)23)12-28-20-22-21-19(27-20)17-11-25-15-7-3-4-8-16(15)26-17/h1-8,17H,9-12H2/t17-/m1/s1. The molecule has 0 saturated carbocycles. The minimum Gasteiger partial charge on any atom is -0.485 e. The maximum absolute atomic E-state index is 12.6. The summed E-state index contributed by atoms with van der Waals surface area (Å²) in [6, 6.07) is 15.4. The molecule has 0 fully saturated rings. The van der Waals surface area contributed by atoms with E-state index in [-0.39, 0.29) is 11.7 Å². The zero-order valence-corrected chi connectivity index (χ0v) is 15.7. The number of benzene rings is 2. The van der Waals surface area contributed by atoms with E-state index in [4.69, 9.17) is 13.9 Å². The Morgan fingerprint density at radius 3 is 2.86 bits per heavy atom. The lowest BCUT2D eigenvalue weighted by Gasteiger charge is -2.23. The van der Waals surface area contributed by atoms with E-state index in [1.54, 1.807) is 0 Å². The van der Waals surface area contributed by atoms with Crippen molar-refractivity contribution in [2.75, 3.05) is 23.8 Å². The van der Waals surface area contributed by atoms with Gasteiger partial charge in [-0.1, -0.05) is 42.1 Å². The Labute approximate surface area is 165 Å². The van der Waals surface area contributed by atoms with Gasteiger partial charge in [-0.2, -0.15) is 0 Å². The van der Waals surface area contributed by atoms with Crippen LogP contribution in [0.1, 0.15) is 17.6 Å². The molecule has 8 heteroatoms. The zero-order chi connectivity index (χ0) is 18.9. The Kier molecular flexibility index (Phi) is 4.40. The second kappa shape index (κ2) is 7.20. The molecule has 5 rings (SSSR count). The number of thioether (sulfide) groups is 1. The molecule has 2 aromatic carbocycles. The normalized spacial score (nSPS) is 17.4. The third kappa shape index (κ3) is 3.20. The number of anilines is 1. The van der Waals surface area contributed by atoms with Crippen LogP contribution in [0.25, 0.3) is 0 Å². The van der Waals surface area contributed by atoms with Gasteiger partial charge in [-0.25, -0.2) is 0 Å². The van der Waals surface area contributed by atoms with Crippen molar-refractivity contribution in [1.82, 2.24) is 10.2 Å². The molecule has 2 aliphatic heterocycles. The Balaban J connectivity index is 1.21. The van der Waals surface area contributed by atoms with Crippen LogP contribution in [0, 0.1) is 0 Å². The number of hydrogen-bond donors (Lipinski definition) is 0. The molecular formula is C20H17N3O4S. The number of rotatable bonds is 4. The van der Waals surface area contributed by atoms with E-state index in [9.17, 15) is 4.79 Å². The van der Waals surface area contributed by atoms with Crippen molar-refractivity contribution < 1.29 is 18.7 Å². The van der Waals surface area contributed by atoms with Crippen LogP contribution in [0.15, 0.2) is 58.2 Å². The molecule has 1 aromatic heterocycles. The van der Waals surface area contributed by atoms with Crippen molar-refractivity contribution in [3.05, 3.63) is 60.0 Å². The molecular weight excluding hydrogens is 378 g/mol.